The third-order valence-corrected chi connectivity index (χ3v) is 5.62. The average Bonchev–Trinajstić information content (AvgIpc) is 2.95. The zero-order valence-electron chi connectivity index (χ0n) is 16.0. The molecule has 0 spiro atoms. The number of ether oxygens (including phenoxy) is 1. The lowest BCUT2D eigenvalue weighted by Gasteiger charge is -2.26. The average molecular weight is 349 g/mol. The highest BCUT2D eigenvalue weighted by Gasteiger charge is 2.27. The lowest BCUT2D eigenvalue weighted by Crippen LogP contribution is -2.32. The van der Waals surface area contributed by atoms with Gasteiger partial charge in [0.2, 0.25) is 0 Å². The minimum absolute atomic E-state index is 0.137. The Bertz CT molecular complexity index is 893. The number of hydrogen-bond acceptors (Lipinski definition) is 3. The van der Waals surface area contributed by atoms with E-state index in [9.17, 15) is 0 Å². The summed E-state index contributed by atoms with van der Waals surface area (Å²) in [5.74, 6) is 1.02. The topological polar surface area (TPSA) is 41.1 Å². The molecule has 1 aromatic carbocycles. The fourth-order valence-corrected chi connectivity index (χ4v) is 3.68. The Hall–Kier alpha value is -2.33. The second kappa shape index (κ2) is 6.44. The molecular formula is C22H27N3O. The number of hydrogen-bond donors (Lipinski definition) is 1. The maximum Gasteiger partial charge on any atom is 0.124 e. The second-order valence-electron chi connectivity index (χ2n) is 8.01. The van der Waals surface area contributed by atoms with E-state index in [2.05, 4.69) is 66.8 Å². The van der Waals surface area contributed by atoms with Crippen molar-refractivity contribution in [2.45, 2.75) is 45.7 Å². The van der Waals surface area contributed by atoms with Crippen LogP contribution in [-0.4, -0.2) is 34.1 Å². The Morgan fingerprint density at radius 2 is 2.04 bits per heavy atom. The van der Waals surface area contributed by atoms with Crippen molar-refractivity contribution >= 4 is 10.9 Å². The van der Waals surface area contributed by atoms with E-state index in [4.69, 9.17) is 4.74 Å². The van der Waals surface area contributed by atoms with Crippen molar-refractivity contribution in [3.05, 3.63) is 59.5 Å². The van der Waals surface area contributed by atoms with Crippen LogP contribution < -0.4 is 4.74 Å². The Morgan fingerprint density at radius 1 is 1.19 bits per heavy atom. The van der Waals surface area contributed by atoms with E-state index in [-0.39, 0.29) is 5.41 Å². The SMILES string of the molecule is CC(C)N1CCOc2cc(C(C)(C)c3cc4cnccc4[nH]3)ccc2C1. The first-order valence-corrected chi connectivity index (χ1v) is 9.38. The largest absolute Gasteiger partial charge is 0.492 e. The number of nitrogens with zero attached hydrogens (tertiary/aromatic N) is 2. The molecule has 0 bridgehead atoms. The van der Waals surface area contributed by atoms with E-state index in [1.165, 1.54) is 16.8 Å². The van der Waals surface area contributed by atoms with Gasteiger partial charge < -0.3 is 9.72 Å². The van der Waals surface area contributed by atoms with Crippen LogP contribution in [0, 0.1) is 0 Å². The maximum atomic E-state index is 6.10. The summed E-state index contributed by atoms with van der Waals surface area (Å²) in [5.41, 5.74) is 4.71. The molecule has 3 heterocycles. The molecule has 1 N–H and O–H groups in total. The van der Waals surface area contributed by atoms with Crippen molar-refractivity contribution in [3.63, 3.8) is 0 Å². The van der Waals surface area contributed by atoms with Gasteiger partial charge in [0.1, 0.15) is 12.4 Å². The van der Waals surface area contributed by atoms with E-state index in [1.54, 1.807) is 0 Å². The molecule has 0 aliphatic carbocycles. The predicted octanol–water partition coefficient (Wildman–Crippen LogP) is 4.49. The number of aromatic nitrogens is 2. The first-order valence-electron chi connectivity index (χ1n) is 9.38. The van der Waals surface area contributed by atoms with Gasteiger partial charge in [0.05, 0.1) is 0 Å². The molecule has 0 atom stereocenters. The van der Waals surface area contributed by atoms with Gasteiger partial charge in [-0.05, 0) is 37.6 Å². The Labute approximate surface area is 155 Å². The molecule has 0 saturated carbocycles. The number of pyridine rings is 1. The summed E-state index contributed by atoms with van der Waals surface area (Å²) < 4.78 is 6.10. The van der Waals surface area contributed by atoms with Crippen molar-refractivity contribution in [3.8, 4) is 5.75 Å². The number of rotatable bonds is 3. The molecule has 2 aromatic heterocycles. The zero-order valence-corrected chi connectivity index (χ0v) is 16.0. The highest BCUT2D eigenvalue weighted by Crippen LogP contribution is 2.36. The van der Waals surface area contributed by atoms with Crippen LogP contribution >= 0.6 is 0 Å². The predicted molar refractivity (Wildman–Crippen MR) is 106 cm³/mol. The van der Waals surface area contributed by atoms with Crippen LogP contribution in [0.5, 0.6) is 5.75 Å². The highest BCUT2D eigenvalue weighted by molar-refractivity contribution is 5.79. The van der Waals surface area contributed by atoms with Crippen LogP contribution in [0.3, 0.4) is 0 Å². The van der Waals surface area contributed by atoms with Crippen molar-refractivity contribution < 1.29 is 4.74 Å². The molecule has 0 fully saturated rings. The molecular weight excluding hydrogens is 322 g/mol. The minimum atomic E-state index is -0.137. The minimum Gasteiger partial charge on any atom is -0.492 e. The summed E-state index contributed by atoms with van der Waals surface area (Å²) in [6.07, 6.45) is 3.73. The molecule has 0 radical (unpaired) electrons. The number of benzene rings is 1. The van der Waals surface area contributed by atoms with Gasteiger partial charge in [-0.1, -0.05) is 26.0 Å². The number of fused-ring (bicyclic) bond motifs is 2. The molecule has 1 aliphatic heterocycles. The summed E-state index contributed by atoms with van der Waals surface area (Å²) >= 11 is 0. The molecule has 3 aromatic rings. The molecule has 4 heteroatoms. The fourth-order valence-electron chi connectivity index (χ4n) is 3.68. The van der Waals surface area contributed by atoms with Crippen LogP contribution in [0.4, 0.5) is 0 Å². The monoisotopic (exact) mass is 349 g/mol. The molecule has 4 nitrogen and oxygen atoms in total. The Morgan fingerprint density at radius 3 is 2.81 bits per heavy atom. The Kier molecular flexibility index (Phi) is 4.23. The van der Waals surface area contributed by atoms with Crippen LogP contribution in [0.2, 0.25) is 0 Å². The van der Waals surface area contributed by atoms with Gasteiger partial charge in [0.25, 0.3) is 0 Å². The molecule has 4 rings (SSSR count). The summed E-state index contributed by atoms with van der Waals surface area (Å²) in [6, 6.07) is 11.5. The van der Waals surface area contributed by atoms with Gasteiger partial charge in [-0.2, -0.15) is 0 Å². The third-order valence-electron chi connectivity index (χ3n) is 5.62. The van der Waals surface area contributed by atoms with Crippen molar-refractivity contribution in [2.24, 2.45) is 0 Å². The first kappa shape index (κ1) is 17.1. The van der Waals surface area contributed by atoms with Crippen LogP contribution in [0.1, 0.15) is 44.5 Å². The van der Waals surface area contributed by atoms with E-state index in [0.717, 1.165) is 36.3 Å². The van der Waals surface area contributed by atoms with E-state index < -0.39 is 0 Å². The van der Waals surface area contributed by atoms with Crippen molar-refractivity contribution in [1.29, 1.82) is 0 Å². The summed E-state index contributed by atoms with van der Waals surface area (Å²) in [7, 11) is 0. The smallest absolute Gasteiger partial charge is 0.124 e. The molecule has 0 saturated heterocycles. The standard InChI is InChI=1S/C22H27N3O/c1-15(2)25-9-10-26-20-12-18(6-5-16(20)14-25)22(3,4)21-11-17-13-23-8-7-19(17)24-21/h5-8,11-13,15,24H,9-10,14H2,1-4H3. The van der Waals surface area contributed by atoms with E-state index >= 15 is 0 Å². The molecule has 136 valence electrons. The van der Waals surface area contributed by atoms with Crippen molar-refractivity contribution in [2.75, 3.05) is 13.2 Å². The van der Waals surface area contributed by atoms with Crippen molar-refractivity contribution in [1.82, 2.24) is 14.9 Å². The van der Waals surface area contributed by atoms with E-state index in [1.807, 2.05) is 18.5 Å². The van der Waals surface area contributed by atoms with Gasteiger partial charge in [-0.3, -0.25) is 9.88 Å². The highest BCUT2D eigenvalue weighted by atomic mass is 16.5. The molecule has 0 amide bonds. The van der Waals surface area contributed by atoms with Gasteiger partial charge in [-0.15, -0.1) is 0 Å². The van der Waals surface area contributed by atoms with E-state index in [0.29, 0.717) is 6.04 Å². The van der Waals surface area contributed by atoms with Crippen LogP contribution in [0.15, 0.2) is 42.7 Å². The molecule has 26 heavy (non-hydrogen) atoms. The quantitative estimate of drug-likeness (QED) is 0.757. The van der Waals surface area contributed by atoms with Gasteiger partial charge in [0, 0.05) is 59.1 Å². The maximum absolute atomic E-state index is 6.10. The van der Waals surface area contributed by atoms with Crippen LogP contribution in [-0.2, 0) is 12.0 Å². The molecule has 0 unspecified atom stereocenters. The summed E-state index contributed by atoms with van der Waals surface area (Å²) in [5, 5.41) is 1.15. The van der Waals surface area contributed by atoms with Crippen LogP contribution in [0.25, 0.3) is 10.9 Å². The zero-order chi connectivity index (χ0) is 18.3. The van der Waals surface area contributed by atoms with Gasteiger partial charge in [0.15, 0.2) is 0 Å². The van der Waals surface area contributed by atoms with Gasteiger partial charge >= 0.3 is 0 Å². The lowest BCUT2D eigenvalue weighted by atomic mass is 9.81. The van der Waals surface area contributed by atoms with Gasteiger partial charge in [-0.25, -0.2) is 0 Å². The summed E-state index contributed by atoms with van der Waals surface area (Å²) in [6.45, 7) is 11.7. The number of aromatic amines is 1. The number of H-pyrrole nitrogens is 1. The number of nitrogens with one attached hydrogen (secondary N) is 1. The first-order chi connectivity index (χ1) is 12.4. The lowest BCUT2D eigenvalue weighted by molar-refractivity contribution is 0.189. The third kappa shape index (κ3) is 2.99. The Balaban J connectivity index is 1.70. The molecule has 1 aliphatic rings. The second-order valence-corrected chi connectivity index (χ2v) is 8.01. The normalized spacial score (nSPS) is 15.7. The summed E-state index contributed by atoms with van der Waals surface area (Å²) in [4.78, 5) is 10.2. The fraction of sp³-hybridized carbons (Fsp3) is 0.409.